The first-order valence-corrected chi connectivity index (χ1v) is 7.34. The lowest BCUT2D eigenvalue weighted by Crippen LogP contribution is -2.08. The molecule has 0 bridgehead atoms. The number of carbonyl (C=O) groups is 1. The molecule has 3 aromatic rings. The van der Waals surface area contributed by atoms with E-state index >= 15 is 0 Å². The summed E-state index contributed by atoms with van der Waals surface area (Å²) in [6, 6.07) is 17.4. The number of aliphatic hydroxyl groups excluding tert-OH is 1. The van der Waals surface area contributed by atoms with E-state index in [1.807, 2.05) is 48.5 Å². The highest BCUT2D eigenvalue weighted by molar-refractivity contribution is 6.23. The van der Waals surface area contributed by atoms with Crippen LogP contribution < -0.4 is 4.74 Å². The molecular formula is C20H14O3. The van der Waals surface area contributed by atoms with E-state index in [-0.39, 0.29) is 11.5 Å². The van der Waals surface area contributed by atoms with Crippen LogP contribution in [0, 0.1) is 0 Å². The number of Topliss-reactive ketones (excluding diaryl/α,β-unsaturated/α-hetero) is 1. The zero-order valence-electron chi connectivity index (χ0n) is 12.5. The molecule has 0 unspecified atom stereocenters. The highest BCUT2D eigenvalue weighted by atomic mass is 16.5. The summed E-state index contributed by atoms with van der Waals surface area (Å²) >= 11 is 0. The van der Waals surface area contributed by atoms with Gasteiger partial charge in [-0.15, -0.1) is 0 Å². The van der Waals surface area contributed by atoms with Crippen molar-refractivity contribution in [2.24, 2.45) is 0 Å². The highest BCUT2D eigenvalue weighted by Crippen LogP contribution is 2.37. The molecule has 23 heavy (non-hydrogen) atoms. The zero-order chi connectivity index (χ0) is 16.0. The van der Waals surface area contributed by atoms with Crippen molar-refractivity contribution in [3.05, 3.63) is 71.5 Å². The van der Waals surface area contributed by atoms with Gasteiger partial charge in [-0.3, -0.25) is 4.79 Å². The number of carbonyl (C=O) groups excluding carboxylic acids is 1. The van der Waals surface area contributed by atoms with Crippen LogP contribution in [0.5, 0.6) is 5.75 Å². The molecule has 3 nitrogen and oxygen atoms in total. The summed E-state index contributed by atoms with van der Waals surface area (Å²) in [4.78, 5) is 12.2. The maximum absolute atomic E-state index is 12.2. The van der Waals surface area contributed by atoms with Gasteiger partial charge in [0.05, 0.1) is 7.11 Å². The largest absolute Gasteiger partial charge is 0.504 e. The topological polar surface area (TPSA) is 46.5 Å². The Labute approximate surface area is 133 Å². The maximum atomic E-state index is 12.2. The molecule has 0 spiro atoms. The Bertz CT molecular complexity index is 966. The number of methoxy groups -OCH3 is 1. The van der Waals surface area contributed by atoms with Gasteiger partial charge in [0.2, 0.25) is 5.78 Å². The van der Waals surface area contributed by atoms with E-state index in [1.54, 1.807) is 13.2 Å². The molecule has 0 aromatic heterocycles. The lowest BCUT2D eigenvalue weighted by molar-refractivity contribution is 0.0981. The van der Waals surface area contributed by atoms with Gasteiger partial charge < -0.3 is 9.84 Å². The summed E-state index contributed by atoms with van der Waals surface area (Å²) in [6.45, 7) is 0. The van der Waals surface area contributed by atoms with Crippen LogP contribution in [0.1, 0.15) is 15.9 Å². The Kier molecular flexibility index (Phi) is 2.95. The van der Waals surface area contributed by atoms with Gasteiger partial charge in [-0.25, -0.2) is 0 Å². The van der Waals surface area contributed by atoms with Gasteiger partial charge >= 0.3 is 0 Å². The molecule has 0 aliphatic heterocycles. The Balaban J connectivity index is 2.01. The van der Waals surface area contributed by atoms with Crippen LogP contribution in [-0.2, 0) is 0 Å². The third-order valence-electron chi connectivity index (χ3n) is 4.24. The Morgan fingerprint density at radius 1 is 0.913 bits per heavy atom. The molecule has 112 valence electrons. The van der Waals surface area contributed by atoms with Gasteiger partial charge in [0.15, 0.2) is 5.76 Å². The Morgan fingerprint density at radius 2 is 1.70 bits per heavy atom. The molecule has 0 atom stereocenters. The lowest BCUT2D eigenvalue weighted by atomic mass is 9.87. The number of ketones is 1. The Morgan fingerprint density at radius 3 is 2.43 bits per heavy atom. The third kappa shape index (κ3) is 2.01. The molecule has 3 aromatic carbocycles. The maximum Gasteiger partial charge on any atom is 0.227 e. The van der Waals surface area contributed by atoms with Crippen molar-refractivity contribution in [1.82, 2.24) is 0 Å². The summed E-state index contributed by atoms with van der Waals surface area (Å²) in [6.07, 6.45) is 1.54. The second-order valence-corrected chi connectivity index (χ2v) is 5.52. The first-order valence-electron chi connectivity index (χ1n) is 7.34. The van der Waals surface area contributed by atoms with Crippen molar-refractivity contribution in [2.75, 3.05) is 7.11 Å². The number of hydrogen-bond acceptors (Lipinski definition) is 3. The van der Waals surface area contributed by atoms with E-state index in [9.17, 15) is 9.90 Å². The second kappa shape index (κ2) is 4.99. The van der Waals surface area contributed by atoms with Gasteiger partial charge in [0.25, 0.3) is 0 Å². The average Bonchev–Trinajstić information content (AvgIpc) is 2.60. The summed E-state index contributed by atoms with van der Waals surface area (Å²) in [5.74, 6) is 0.275. The van der Waals surface area contributed by atoms with Crippen LogP contribution in [0.4, 0.5) is 0 Å². The summed E-state index contributed by atoms with van der Waals surface area (Å²) < 4.78 is 5.20. The number of benzene rings is 3. The first-order chi connectivity index (χ1) is 11.2. The molecule has 0 saturated heterocycles. The number of hydrogen-bond donors (Lipinski definition) is 1. The third-order valence-corrected chi connectivity index (χ3v) is 4.24. The molecule has 0 fully saturated rings. The van der Waals surface area contributed by atoms with E-state index in [0.29, 0.717) is 5.56 Å². The molecule has 1 N–H and O–H groups in total. The summed E-state index contributed by atoms with van der Waals surface area (Å²) in [5.41, 5.74) is 3.52. The molecule has 4 rings (SSSR count). The van der Waals surface area contributed by atoms with E-state index in [0.717, 1.165) is 33.2 Å². The fourth-order valence-corrected chi connectivity index (χ4v) is 3.12. The van der Waals surface area contributed by atoms with E-state index < -0.39 is 0 Å². The van der Waals surface area contributed by atoms with Gasteiger partial charge in [-0.05, 0) is 40.3 Å². The summed E-state index contributed by atoms with van der Waals surface area (Å²) in [5, 5.41) is 11.7. The number of rotatable bonds is 2. The zero-order valence-corrected chi connectivity index (χ0v) is 12.5. The highest BCUT2D eigenvalue weighted by Gasteiger charge is 2.22. The minimum absolute atomic E-state index is 0.206. The normalized spacial score (nSPS) is 13.1. The van der Waals surface area contributed by atoms with Crippen LogP contribution in [0.2, 0.25) is 0 Å². The van der Waals surface area contributed by atoms with Gasteiger partial charge in [-0.1, -0.05) is 42.5 Å². The number of aliphatic hydroxyl groups is 1. The van der Waals surface area contributed by atoms with Crippen LogP contribution >= 0.6 is 0 Å². The predicted octanol–water partition coefficient (Wildman–Crippen LogP) is 4.61. The summed E-state index contributed by atoms with van der Waals surface area (Å²) in [7, 11) is 1.64. The van der Waals surface area contributed by atoms with Crippen molar-refractivity contribution in [3.63, 3.8) is 0 Å². The molecule has 0 radical (unpaired) electrons. The quantitative estimate of drug-likeness (QED) is 0.752. The Hall–Kier alpha value is -3.07. The second-order valence-electron chi connectivity index (χ2n) is 5.52. The first kappa shape index (κ1) is 13.6. The van der Waals surface area contributed by atoms with Crippen LogP contribution in [0.15, 0.2) is 60.4 Å². The van der Waals surface area contributed by atoms with Crippen LogP contribution in [-0.4, -0.2) is 18.0 Å². The minimum atomic E-state index is -0.324. The van der Waals surface area contributed by atoms with Crippen molar-refractivity contribution in [1.29, 1.82) is 0 Å². The molecule has 0 saturated carbocycles. The molecule has 1 aliphatic carbocycles. The number of allylic oxidation sites excluding steroid dienone is 1. The molecule has 3 heteroatoms. The van der Waals surface area contributed by atoms with Crippen LogP contribution in [0.3, 0.4) is 0 Å². The monoisotopic (exact) mass is 302 g/mol. The van der Waals surface area contributed by atoms with Gasteiger partial charge in [0, 0.05) is 10.9 Å². The van der Waals surface area contributed by atoms with Crippen molar-refractivity contribution < 1.29 is 14.6 Å². The van der Waals surface area contributed by atoms with Crippen molar-refractivity contribution in [2.45, 2.75) is 0 Å². The molecule has 1 aliphatic rings. The average molecular weight is 302 g/mol. The molecular weight excluding hydrogens is 288 g/mol. The SMILES string of the molecule is COc1ccc(-c2ccc3c4c(cccc24)C(=O)C(O)=C3)cc1. The molecule has 0 amide bonds. The smallest absolute Gasteiger partial charge is 0.227 e. The van der Waals surface area contributed by atoms with E-state index in [4.69, 9.17) is 4.74 Å². The standard InChI is InChI=1S/C20H14O3/c1-23-14-8-5-12(6-9-14)15-10-7-13-11-18(21)20(22)17-4-2-3-16(15)19(13)17/h2-11,21H,1H3. The van der Waals surface area contributed by atoms with Crippen LogP contribution in [0.25, 0.3) is 28.0 Å². The van der Waals surface area contributed by atoms with Crippen molar-refractivity contribution in [3.8, 4) is 16.9 Å². The van der Waals surface area contributed by atoms with E-state index in [2.05, 4.69) is 0 Å². The molecule has 0 heterocycles. The lowest BCUT2D eigenvalue weighted by Gasteiger charge is -2.16. The van der Waals surface area contributed by atoms with Gasteiger partial charge in [-0.2, -0.15) is 0 Å². The predicted molar refractivity (Wildman–Crippen MR) is 90.9 cm³/mol. The fraction of sp³-hybridized carbons (Fsp3) is 0.0500. The number of ether oxygens (including phenoxy) is 1. The fourth-order valence-electron chi connectivity index (χ4n) is 3.12. The van der Waals surface area contributed by atoms with Gasteiger partial charge in [0.1, 0.15) is 5.75 Å². The van der Waals surface area contributed by atoms with Crippen molar-refractivity contribution >= 4 is 22.6 Å². The van der Waals surface area contributed by atoms with E-state index in [1.165, 1.54) is 6.08 Å². The minimum Gasteiger partial charge on any atom is -0.504 e.